The van der Waals surface area contributed by atoms with E-state index in [0.717, 1.165) is 61.5 Å². The van der Waals surface area contributed by atoms with Gasteiger partial charge in [-0.2, -0.15) is 0 Å². The summed E-state index contributed by atoms with van der Waals surface area (Å²) in [6, 6.07) is 16.1. The predicted octanol–water partition coefficient (Wildman–Crippen LogP) is 5.32. The fourth-order valence-corrected chi connectivity index (χ4v) is 6.17. The van der Waals surface area contributed by atoms with E-state index in [4.69, 9.17) is 9.72 Å². The standard InChI is InChI=1S/C35H46N6O3/c1-5-44-33-14-9-7-12-30(33)24-38-17-10-18-41(28(4)42)32-13-8-6-11-29(32)25-40(22-21-38)34(43)31-23-36-35(37-27(31)3)39-19-15-26(2)16-20-39/h6-9,11-14,23,26H,5,10,15-22,24-25H2,1-4H3. The normalized spacial score (nSPS) is 17.1. The molecule has 9 nitrogen and oxygen atoms in total. The number of carbonyl (C=O) groups is 2. The number of aryl methyl sites for hydroxylation is 1. The molecule has 0 N–H and O–H groups in total. The monoisotopic (exact) mass is 598 g/mol. The van der Waals surface area contributed by atoms with Gasteiger partial charge in [-0.25, -0.2) is 9.97 Å². The molecule has 1 aromatic heterocycles. The van der Waals surface area contributed by atoms with Gasteiger partial charge >= 0.3 is 0 Å². The van der Waals surface area contributed by atoms with Gasteiger partial charge in [-0.05, 0) is 56.7 Å². The zero-order valence-electron chi connectivity index (χ0n) is 26.7. The maximum absolute atomic E-state index is 14.2. The Labute approximate surface area is 261 Å². The van der Waals surface area contributed by atoms with Crippen LogP contribution in [-0.2, 0) is 17.9 Å². The van der Waals surface area contributed by atoms with Gasteiger partial charge in [-0.15, -0.1) is 0 Å². The van der Waals surface area contributed by atoms with Gasteiger partial charge in [0.1, 0.15) is 5.75 Å². The highest BCUT2D eigenvalue weighted by Crippen LogP contribution is 2.26. The number of piperidine rings is 1. The van der Waals surface area contributed by atoms with Gasteiger partial charge in [-0.1, -0.05) is 43.3 Å². The minimum absolute atomic E-state index is 0.00486. The summed E-state index contributed by atoms with van der Waals surface area (Å²) in [5, 5.41) is 0. The van der Waals surface area contributed by atoms with Gasteiger partial charge < -0.3 is 19.4 Å². The van der Waals surface area contributed by atoms with Crippen LogP contribution in [0.5, 0.6) is 5.75 Å². The fraction of sp³-hybridized carbons (Fsp3) is 0.486. The number of nitrogens with zero attached hydrogens (tertiary/aromatic N) is 6. The van der Waals surface area contributed by atoms with Crippen molar-refractivity contribution in [3.8, 4) is 5.75 Å². The van der Waals surface area contributed by atoms with Crippen molar-refractivity contribution >= 4 is 23.5 Å². The molecule has 1 saturated heterocycles. The summed E-state index contributed by atoms with van der Waals surface area (Å²) < 4.78 is 5.92. The number of hydrogen-bond acceptors (Lipinski definition) is 7. The van der Waals surface area contributed by atoms with Gasteiger partial charge in [0, 0.05) is 76.7 Å². The van der Waals surface area contributed by atoms with Crippen molar-refractivity contribution < 1.29 is 14.3 Å². The van der Waals surface area contributed by atoms with Crippen LogP contribution in [0.1, 0.15) is 67.2 Å². The first kappa shape index (κ1) is 31.4. The number of carbonyl (C=O) groups excluding carboxylic acids is 2. The van der Waals surface area contributed by atoms with Crippen LogP contribution in [0, 0.1) is 12.8 Å². The number of benzene rings is 2. The van der Waals surface area contributed by atoms with Crippen molar-refractivity contribution in [3.63, 3.8) is 0 Å². The van der Waals surface area contributed by atoms with Crippen molar-refractivity contribution in [2.45, 2.75) is 60.0 Å². The summed E-state index contributed by atoms with van der Waals surface area (Å²) >= 11 is 0. The smallest absolute Gasteiger partial charge is 0.257 e. The zero-order valence-corrected chi connectivity index (χ0v) is 26.7. The molecule has 2 aromatic carbocycles. The van der Waals surface area contributed by atoms with Gasteiger partial charge in [-0.3, -0.25) is 14.5 Å². The van der Waals surface area contributed by atoms with Crippen LogP contribution in [0.4, 0.5) is 11.6 Å². The first-order valence-corrected chi connectivity index (χ1v) is 16.0. The SMILES string of the molecule is CCOc1ccccc1CN1CCCN(C(C)=O)c2ccccc2CN(C(=O)c2cnc(N3CCC(C)CC3)nc2C)CC1. The average Bonchev–Trinajstić information content (AvgIpc) is 3.05. The molecule has 0 radical (unpaired) electrons. The quantitative estimate of drug-likeness (QED) is 0.380. The molecule has 9 heteroatoms. The van der Waals surface area contributed by atoms with Gasteiger partial charge in [0.15, 0.2) is 0 Å². The number of anilines is 2. The number of hydrogen-bond donors (Lipinski definition) is 0. The van der Waals surface area contributed by atoms with E-state index in [0.29, 0.717) is 62.5 Å². The van der Waals surface area contributed by atoms with Gasteiger partial charge in [0.25, 0.3) is 5.91 Å². The molecule has 0 atom stereocenters. The van der Waals surface area contributed by atoms with Crippen LogP contribution in [-0.4, -0.2) is 77.5 Å². The fourth-order valence-electron chi connectivity index (χ4n) is 6.17. The number of ether oxygens (including phenoxy) is 1. The molecule has 3 heterocycles. The third kappa shape index (κ3) is 7.56. The molecule has 0 spiro atoms. The number of rotatable bonds is 6. The minimum Gasteiger partial charge on any atom is -0.494 e. The highest BCUT2D eigenvalue weighted by Gasteiger charge is 2.26. The Morgan fingerprint density at radius 2 is 1.70 bits per heavy atom. The maximum atomic E-state index is 14.2. The van der Waals surface area contributed by atoms with Crippen LogP contribution in [0.3, 0.4) is 0 Å². The van der Waals surface area contributed by atoms with Crippen LogP contribution in [0.2, 0.25) is 0 Å². The largest absolute Gasteiger partial charge is 0.494 e. The Balaban J connectivity index is 1.44. The van der Waals surface area contributed by atoms with E-state index in [1.54, 1.807) is 13.1 Å². The Kier molecular flexibility index (Phi) is 10.5. The van der Waals surface area contributed by atoms with E-state index < -0.39 is 0 Å². The Hall–Kier alpha value is -3.98. The highest BCUT2D eigenvalue weighted by atomic mass is 16.5. The number of para-hydroxylation sites is 2. The first-order chi connectivity index (χ1) is 21.3. The van der Waals surface area contributed by atoms with E-state index in [9.17, 15) is 9.59 Å². The van der Waals surface area contributed by atoms with Crippen molar-refractivity contribution in [1.29, 1.82) is 0 Å². The predicted molar refractivity (Wildman–Crippen MR) is 174 cm³/mol. The molecule has 234 valence electrons. The van der Waals surface area contributed by atoms with Crippen LogP contribution in [0.25, 0.3) is 0 Å². The Morgan fingerprint density at radius 1 is 0.955 bits per heavy atom. The second-order valence-electron chi connectivity index (χ2n) is 12.0. The Bertz CT molecular complexity index is 1440. The number of amides is 2. The lowest BCUT2D eigenvalue weighted by Gasteiger charge is -2.31. The average molecular weight is 599 g/mol. The molecule has 5 rings (SSSR count). The molecule has 2 amide bonds. The molecule has 0 bridgehead atoms. The molecule has 0 unspecified atom stereocenters. The lowest BCUT2D eigenvalue weighted by Crippen LogP contribution is -2.39. The minimum atomic E-state index is -0.0978. The first-order valence-electron chi connectivity index (χ1n) is 16.0. The molecule has 2 aliphatic rings. The summed E-state index contributed by atoms with van der Waals surface area (Å²) in [4.78, 5) is 44.9. The molecule has 3 aromatic rings. The third-order valence-corrected chi connectivity index (χ3v) is 8.78. The van der Waals surface area contributed by atoms with Crippen LogP contribution < -0.4 is 14.5 Å². The third-order valence-electron chi connectivity index (χ3n) is 8.78. The topological polar surface area (TPSA) is 82.1 Å². The van der Waals surface area contributed by atoms with Crippen LogP contribution in [0.15, 0.2) is 54.7 Å². The van der Waals surface area contributed by atoms with Crippen molar-refractivity contribution in [2.24, 2.45) is 5.92 Å². The highest BCUT2D eigenvalue weighted by molar-refractivity contribution is 5.95. The lowest BCUT2D eigenvalue weighted by atomic mass is 10.00. The lowest BCUT2D eigenvalue weighted by molar-refractivity contribution is -0.116. The molecule has 2 aliphatic heterocycles. The summed E-state index contributed by atoms with van der Waals surface area (Å²) in [6.45, 7) is 13.9. The second-order valence-corrected chi connectivity index (χ2v) is 12.0. The molecule has 0 saturated carbocycles. The number of fused-ring (bicyclic) bond motifs is 1. The Morgan fingerprint density at radius 3 is 2.45 bits per heavy atom. The summed E-state index contributed by atoms with van der Waals surface area (Å²) in [7, 11) is 0. The van der Waals surface area contributed by atoms with Crippen molar-refractivity contribution in [2.75, 3.05) is 55.7 Å². The summed E-state index contributed by atoms with van der Waals surface area (Å²) in [6.07, 6.45) is 4.76. The molecule has 44 heavy (non-hydrogen) atoms. The van der Waals surface area contributed by atoms with E-state index >= 15 is 0 Å². The molecular formula is C35H46N6O3. The number of aromatic nitrogens is 2. The summed E-state index contributed by atoms with van der Waals surface area (Å²) in [5.41, 5.74) is 4.12. The molecule has 0 aliphatic carbocycles. The van der Waals surface area contributed by atoms with Crippen molar-refractivity contribution in [3.05, 3.63) is 77.1 Å². The van der Waals surface area contributed by atoms with E-state index in [2.05, 4.69) is 27.8 Å². The molecular weight excluding hydrogens is 552 g/mol. The maximum Gasteiger partial charge on any atom is 0.257 e. The van der Waals surface area contributed by atoms with E-state index in [1.165, 1.54) is 0 Å². The van der Waals surface area contributed by atoms with Gasteiger partial charge in [0.05, 0.1) is 17.9 Å². The van der Waals surface area contributed by atoms with E-state index in [-0.39, 0.29) is 11.8 Å². The second kappa shape index (κ2) is 14.7. The van der Waals surface area contributed by atoms with Crippen molar-refractivity contribution in [1.82, 2.24) is 19.8 Å². The molecule has 1 fully saturated rings. The summed E-state index contributed by atoms with van der Waals surface area (Å²) in [5.74, 6) is 2.19. The van der Waals surface area contributed by atoms with Crippen LogP contribution >= 0.6 is 0 Å². The van der Waals surface area contributed by atoms with E-state index in [1.807, 2.05) is 66.1 Å². The zero-order chi connectivity index (χ0) is 31.1. The van der Waals surface area contributed by atoms with Gasteiger partial charge in [0.2, 0.25) is 11.9 Å².